The molecule has 1 saturated heterocycles. The van der Waals surface area contributed by atoms with Crippen molar-refractivity contribution in [2.45, 2.75) is 12.5 Å². The minimum atomic E-state index is -0.583. The van der Waals surface area contributed by atoms with Gasteiger partial charge in [0, 0.05) is 6.08 Å². The minimum absolute atomic E-state index is 0.221. The van der Waals surface area contributed by atoms with Gasteiger partial charge in [-0.05, 0) is 34.8 Å². The number of carbonyl (C=O) groups is 2. The zero-order valence-corrected chi connectivity index (χ0v) is 15.9. The van der Waals surface area contributed by atoms with Crippen molar-refractivity contribution >= 4 is 18.1 Å². The molecule has 0 aliphatic carbocycles. The van der Waals surface area contributed by atoms with Crippen molar-refractivity contribution < 1.29 is 14.3 Å². The number of hydrogen-bond donors (Lipinski definition) is 0. The molecule has 0 spiro atoms. The first-order chi connectivity index (χ1) is 14.2. The topological polar surface area (TPSA) is 46.6 Å². The summed E-state index contributed by atoms with van der Waals surface area (Å²) in [5, 5.41) is 0. The first-order valence-corrected chi connectivity index (χ1v) is 9.58. The molecule has 0 N–H and O–H groups in total. The van der Waals surface area contributed by atoms with Gasteiger partial charge in [0.2, 0.25) is 0 Å². The van der Waals surface area contributed by atoms with Gasteiger partial charge in [0.1, 0.15) is 6.61 Å². The normalized spacial score (nSPS) is 16.2. The number of amides is 2. The van der Waals surface area contributed by atoms with Crippen LogP contribution in [0, 0.1) is 0 Å². The van der Waals surface area contributed by atoms with E-state index in [4.69, 9.17) is 4.74 Å². The van der Waals surface area contributed by atoms with Crippen LogP contribution >= 0.6 is 0 Å². The molecular formula is C25H21NO3. The molecule has 0 radical (unpaired) electrons. The molecule has 1 aliphatic heterocycles. The number of hydrogen-bond acceptors (Lipinski definition) is 3. The highest BCUT2D eigenvalue weighted by atomic mass is 16.6. The fraction of sp³-hybridized carbons (Fsp3) is 0.120. The van der Waals surface area contributed by atoms with Crippen molar-refractivity contribution in [2.24, 2.45) is 0 Å². The standard InChI is InChI=1S/C25H21NO3/c27-24(26-23(18-29-25(26)28)17-20-7-3-1-4-8-20)16-13-19-11-14-22(15-12-19)21-9-5-2-6-10-21/h1-16,23H,17-18H2/t23-/m0/s1. The monoisotopic (exact) mass is 383 g/mol. The molecule has 1 fully saturated rings. The Labute approximate surface area is 170 Å². The summed E-state index contributed by atoms with van der Waals surface area (Å²) in [4.78, 5) is 25.9. The van der Waals surface area contributed by atoms with E-state index in [0.717, 1.165) is 22.3 Å². The molecule has 4 heteroatoms. The molecule has 4 rings (SSSR count). The number of nitrogens with zero attached hydrogens (tertiary/aromatic N) is 1. The Kier molecular flexibility index (Phi) is 5.52. The molecule has 1 heterocycles. The van der Waals surface area contributed by atoms with E-state index in [1.807, 2.05) is 72.8 Å². The van der Waals surface area contributed by atoms with Gasteiger partial charge in [-0.15, -0.1) is 0 Å². The number of rotatable bonds is 5. The van der Waals surface area contributed by atoms with Crippen molar-refractivity contribution in [3.63, 3.8) is 0 Å². The van der Waals surface area contributed by atoms with Gasteiger partial charge < -0.3 is 4.74 Å². The molecule has 2 amide bonds. The molecule has 3 aromatic rings. The third kappa shape index (κ3) is 4.43. The van der Waals surface area contributed by atoms with E-state index in [-0.39, 0.29) is 18.6 Å². The van der Waals surface area contributed by atoms with Crippen LogP contribution < -0.4 is 0 Å². The van der Waals surface area contributed by atoms with Crippen LogP contribution in [0.1, 0.15) is 11.1 Å². The molecule has 4 nitrogen and oxygen atoms in total. The summed E-state index contributed by atoms with van der Waals surface area (Å²) in [6.07, 6.45) is 3.16. The van der Waals surface area contributed by atoms with Gasteiger partial charge in [0.05, 0.1) is 6.04 Å². The van der Waals surface area contributed by atoms with Crippen LogP contribution in [-0.4, -0.2) is 29.5 Å². The molecule has 0 bridgehead atoms. The van der Waals surface area contributed by atoms with Crippen molar-refractivity contribution in [3.8, 4) is 11.1 Å². The van der Waals surface area contributed by atoms with Crippen molar-refractivity contribution in [3.05, 3.63) is 102 Å². The third-order valence-corrected chi connectivity index (χ3v) is 4.95. The lowest BCUT2D eigenvalue weighted by molar-refractivity contribution is -0.124. The summed E-state index contributed by atoms with van der Waals surface area (Å²) in [6.45, 7) is 0.221. The quantitative estimate of drug-likeness (QED) is 0.585. The predicted molar refractivity (Wildman–Crippen MR) is 113 cm³/mol. The molecule has 144 valence electrons. The van der Waals surface area contributed by atoms with Crippen LogP contribution in [0.25, 0.3) is 17.2 Å². The zero-order valence-electron chi connectivity index (χ0n) is 15.9. The maximum absolute atomic E-state index is 12.7. The van der Waals surface area contributed by atoms with Gasteiger partial charge in [-0.25, -0.2) is 9.69 Å². The van der Waals surface area contributed by atoms with Crippen molar-refractivity contribution in [2.75, 3.05) is 6.61 Å². The highest BCUT2D eigenvalue weighted by Crippen LogP contribution is 2.21. The fourth-order valence-corrected chi connectivity index (χ4v) is 3.43. The maximum Gasteiger partial charge on any atom is 0.417 e. The number of benzene rings is 3. The molecule has 0 aromatic heterocycles. The van der Waals surface area contributed by atoms with Crippen LogP contribution in [0.3, 0.4) is 0 Å². The first-order valence-electron chi connectivity index (χ1n) is 9.58. The largest absolute Gasteiger partial charge is 0.447 e. The van der Waals surface area contributed by atoms with Crippen LogP contribution in [0.5, 0.6) is 0 Å². The predicted octanol–water partition coefficient (Wildman–Crippen LogP) is 4.96. The molecule has 0 unspecified atom stereocenters. The van der Waals surface area contributed by atoms with E-state index < -0.39 is 6.09 Å². The Morgan fingerprint density at radius 1 is 0.897 bits per heavy atom. The molecular weight excluding hydrogens is 362 g/mol. The zero-order chi connectivity index (χ0) is 20.1. The van der Waals surface area contributed by atoms with Gasteiger partial charge >= 0.3 is 6.09 Å². The van der Waals surface area contributed by atoms with Gasteiger partial charge in [-0.2, -0.15) is 0 Å². The van der Waals surface area contributed by atoms with Gasteiger partial charge in [-0.1, -0.05) is 84.9 Å². The Hall–Kier alpha value is -3.66. The Bertz CT molecular complexity index is 1010. The Balaban J connectivity index is 1.44. The van der Waals surface area contributed by atoms with Crippen LogP contribution in [0.15, 0.2) is 91.0 Å². The van der Waals surface area contributed by atoms with Crippen LogP contribution in [0.2, 0.25) is 0 Å². The number of cyclic esters (lactones) is 1. The molecule has 1 aliphatic rings. The first kappa shape index (κ1) is 18.7. The Morgan fingerprint density at radius 2 is 1.52 bits per heavy atom. The molecule has 1 atom stereocenters. The van der Waals surface area contributed by atoms with E-state index in [1.165, 1.54) is 11.0 Å². The molecule has 29 heavy (non-hydrogen) atoms. The highest BCUT2D eigenvalue weighted by Gasteiger charge is 2.36. The minimum Gasteiger partial charge on any atom is -0.447 e. The van der Waals surface area contributed by atoms with E-state index >= 15 is 0 Å². The van der Waals surface area contributed by atoms with E-state index in [2.05, 4.69) is 12.1 Å². The van der Waals surface area contributed by atoms with Crippen LogP contribution in [0.4, 0.5) is 4.79 Å². The average molecular weight is 383 g/mol. The molecule has 3 aromatic carbocycles. The van der Waals surface area contributed by atoms with E-state index in [9.17, 15) is 9.59 Å². The lowest BCUT2D eigenvalue weighted by atomic mass is 10.0. The summed E-state index contributed by atoms with van der Waals surface area (Å²) in [5.41, 5.74) is 4.21. The van der Waals surface area contributed by atoms with Gasteiger partial charge in [-0.3, -0.25) is 4.79 Å². The van der Waals surface area contributed by atoms with Gasteiger partial charge in [0.25, 0.3) is 5.91 Å². The second-order valence-corrected chi connectivity index (χ2v) is 6.95. The number of carbonyl (C=O) groups excluding carboxylic acids is 2. The maximum atomic E-state index is 12.7. The fourth-order valence-electron chi connectivity index (χ4n) is 3.43. The molecule has 0 saturated carbocycles. The smallest absolute Gasteiger partial charge is 0.417 e. The van der Waals surface area contributed by atoms with Crippen LogP contribution in [-0.2, 0) is 16.0 Å². The van der Waals surface area contributed by atoms with E-state index in [1.54, 1.807) is 6.08 Å². The second-order valence-electron chi connectivity index (χ2n) is 6.95. The summed E-state index contributed by atoms with van der Waals surface area (Å²) in [6, 6.07) is 27.5. The SMILES string of the molecule is O=C(C=Cc1ccc(-c2ccccc2)cc1)N1C(=O)OC[C@@H]1Cc1ccccc1. The van der Waals surface area contributed by atoms with Gasteiger partial charge in [0.15, 0.2) is 0 Å². The summed E-state index contributed by atoms with van der Waals surface area (Å²) >= 11 is 0. The van der Waals surface area contributed by atoms with E-state index in [0.29, 0.717) is 6.42 Å². The summed E-state index contributed by atoms with van der Waals surface area (Å²) in [7, 11) is 0. The lowest BCUT2D eigenvalue weighted by Gasteiger charge is -2.18. The third-order valence-electron chi connectivity index (χ3n) is 4.95. The number of imide groups is 1. The Morgan fingerprint density at radius 3 is 2.21 bits per heavy atom. The average Bonchev–Trinajstić information content (AvgIpc) is 3.13. The lowest BCUT2D eigenvalue weighted by Crippen LogP contribution is -2.39. The number of ether oxygens (including phenoxy) is 1. The second kappa shape index (κ2) is 8.57. The van der Waals surface area contributed by atoms with Crippen molar-refractivity contribution in [1.82, 2.24) is 4.90 Å². The summed E-state index contributed by atoms with van der Waals surface area (Å²) in [5.74, 6) is -0.361. The highest BCUT2D eigenvalue weighted by molar-refractivity contribution is 6.02. The van der Waals surface area contributed by atoms with Crippen molar-refractivity contribution in [1.29, 1.82) is 0 Å². The summed E-state index contributed by atoms with van der Waals surface area (Å²) < 4.78 is 5.12.